The molecule has 2 heterocycles. The number of nitrogens with zero attached hydrogens (tertiary/aromatic N) is 3. The zero-order valence-corrected chi connectivity index (χ0v) is 12.8. The summed E-state index contributed by atoms with van der Waals surface area (Å²) in [6.07, 6.45) is 4.61. The standard InChI is InChI=1S/C14H18N4O2S/c1-3-16-13-6-5-9-17-14(13)21(19,20)18(4-2)12-7-10-15-11-8-12/h5-11,16H,3-4H2,1-2H3. The van der Waals surface area contributed by atoms with Crippen LogP contribution in [0.3, 0.4) is 0 Å². The predicted octanol–water partition coefficient (Wildman–Crippen LogP) is 2.12. The van der Waals surface area contributed by atoms with Crippen LogP contribution in [0.2, 0.25) is 0 Å². The molecule has 0 radical (unpaired) electrons. The van der Waals surface area contributed by atoms with E-state index in [9.17, 15) is 8.42 Å². The number of hydrogen-bond acceptors (Lipinski definition) is 5. The van der Waals surface area contributed by atoms with E-state index in [1.807, 2.05) is 6.92 Å². The lowest BCUT2D eigenvalue weighted by Gasteiger charge is -2.23. The van der Waals surface area contributed by atoms with E-state index in [1.165, 1.54) is 10.5 Å². The Morgan fingerprint density at radius 3 is 2.48 bits per heavy atom. The van der Waals surface area contributed by atoms with E-state index in [4.69, 9.17) is 0 Å². The molecule has 0 saturated heterocycles. The van der Waals surface area contributed by atoms with Gasteiger partial charge in [0.1, 0.15) is 0 Å². The van der Waals surface area contributed by atoms with Crippen LogP contribution in [0.15, 0.2) is 47.9 Å². The third-order valence-corrected chi connectivity index (χ3v) is 4.77. The summed E-state index contributed by atoms with van der Waals surface area (Å²) >= 11 is 0. The van der Waals surface area contributed by atoms with E-state index in [2.05, 4.69) is 15.3 Å². The van der Waals surface area contributed by atoms with Gasteiger partial charge in [-0.2, -0.15) is 8.42 Å². The van der Waals surface area contributed by atoms with Gasteiger partial charge in [0.25, 0.3) is 10.0 Å². The van der Waals surface area contributed by atoms with Gasteiger partial charge in [-0.1, -0.05) is 0 Å². The number of hydrogen-bond donors (Lipinski definition) is 1. The smallest absolute Gasteiger partial charge is 0.283 e. The molecule has 0 spiro atoms. The van der Waals surface area contributed by atoms with E-state index >= 15 is 0 Å². The highest BCUT2D eigenvalue weighted by atomic mass is 32.2. The van der Waals surface area contributed by atoms with E-state index in [0.29, 0.717) is 24.5 Å². The first-order chi connectivity index (χ1) is 10.1. The number of nitrogens with one attached hydrogen (secondary N) is 1. The van der Waals surface area contributed by atoms with Crippen LogP contribution in [0.25, 0.3) is 0 Å². The molecule has 7 heteroatoms. The van der Waals surface area contributed by atoms with Crippen LogP contribution in [0.5, 0.6) is 0 Å². The van der Waals surface area contributed by atoms with Crippen molar-refractivity contribution in [2.75, 3.05) is 22.7 Å². The SMILES string of the molecule is CCNc1cccnc1S(=O)(=O)N(CC)c1ccncc1. The molecular weight excluding hydrogens is 288 g/mol. The Morgan fingerprint density at radius 2 is 1.86 bits per heavy atom. The van der Waals surface area contributed by atoms with Crippen LogP contribution in [-0.4, -0.2) is 31.5 Å². The molecule has 0 aliphatic heterocycles. The summed E-state index contributed by atoms with van der Waals surface area (Å²) in [5.74, 6) is 0. The number of aromatic nitrogens is 2. The Bertz CT molecular complexity index is 689. The molecule has 2 aromatic heterocycles. The zero-order valence-electron chi connectivity index (χ0n) is 12.0. The van der Waals surface area contributed by atoms with Crippen molar-refractivity contribution in [3.63, 3.8) is 0 Å². The minimum atomic E-state index is -3.73. The van der Waals surface area contributed by atoms with Crippen molar-refractivity contribution in [1.82, 2.24) is 9.97 Å². The first kappa shape index (κ1) is 15.2. The molecule has 2 aromatic rings. The molecule has 0 bridgehead atoms. The van der Waals surface area contributed by atoms with Gasteiger partial charge in [-0.3, -0.25) is 9.29 Å². The Kier molecular flexibility index (Phi) is 4.74. The van der Waals surface area contributed by atoms with Gasteiger partial charge >= 0.3 is 0 Å². The first-order valence-electron chi connectivity index (χ1n) is 6.73. The van der Waals surface area contributed by atoms with Crippen LogP contribution >= 0.6 is 0 Å². The van der Waals surface area contributed by atoms with Gasteiger partial charge in [0, 0.05) is 31.7 Å². The summed E-state index contributed by atoms with van der Waals surface area (Å²) in [7, 11) is -3.73. The molecule has 0 fully saturated rings. The Hall–Kier alpha value is -2.15. The van der Waals surface area contributed by atoms with Crippen LogP contribution in [0, 0.1) is 0 Å². The molecule has 0 saturated carbocycles. The van der Waals surface area contributed by atoms with E-state index in [-0.39, 0.29) is 5.03 Å². The van der Waals surface area contributed by atoms with Gasteiger partial charge in [-0.15, -0.1) is 0 Å². The monoisotopic (exact) mass is 306 g/mol. The Morgan fingerprint density at radius 1 is 1.14 bits per heavy atom. The Labute approximate surface area is 124 Å². The maximum Gasteiger partial charge on any atom is 0.283 e. The van der Waals surface area contributed by atoms with E-state index < -0.39 is 10.0 Å². The lowest BCUT2D eigenvalue weighted by Crippen LogP contribution is -2.32. The summed E-state index contributed by atoms with van der Waals surface area (Å²) in [6.45, 7) is 4.63. The molecule has 0 aliphatic carbocycles. The number of sulfonamides is 1. The summed E-state index contributed by atoms with van der Waals surface area (Å²) in [4.78, 5) is 7.97. The second kappa shape index (κ2) is 6.53. The van der Waals surface area contributed by atoms with Crippen LogP contribution < -0.4 is 9.62 Å². The normalized spacial score (nSPS) is 11.1. The van der Waals surface area contributed by atoms with Crippen molar-refractivity contribution < 1.29 is 8.42 Å². The summed E-state index contributed by atoms with van der Waals surface area (Å²) < 4.78 is 27.0. The van der Waals surface area contributed by atoms with Gasteiger partial charge in [0.15, 0.2) is 5.03 Å². The average Bonchev–Trinajstić information content (AvgIpc) is 2.49. The zero-order chi connectivity index (χ0) is 15.3. The highest BCUT2D eigenvalue weighted by Gasteiger charge is 2.27. The first-order valence-corrected chi connectivity index (χ1v) is 8.17. The van der Waals surface area contributed by atoms with Gasteiger partial charge < -0.3 is 5.32 Å². The van der Waals surface area contributed by atoms with E-state index in [1.54, 1.807) is 43.6 Å². The van der Waals surface area contributed by atoms with Gasteiger partial charge in [-0.25, -0.2) is 4.98 Å². The molecular formula is C14H18N4O2S. The maximum atomic E-state index is 12.9. The molecule has 0 aromatic carbocycles. The molecule has 21 heavy (non-hydrogen) atoms. The lowest BCUT2D eigenvalue weighted by atomic mass is 10.4. The van der Waals surface area contributed by atoms with E-state index in [0.717, 1.165) is 0 Å². The van der Waals surface area contributed by atoms with Crippen molar-refractivity contribution in [1.29, 1.82) is 0 Å². The number of anilines is 2. The van der Waals surface area contributed by atoms with Crippen molar-refractivity contribution in [3.8, 4) is 0 Å². The Balaban J connectivity index is 2.50. The highest BCUT2D eigenvalue weighted by Crippen LogP contribution is 2.26. The fourth-order valence-electron chi connectivity index (χ4n) is 2.03. The molecule has 0 unspecified atom stereocenters. The largest absolute Gasteiger partial charge is 0.383 e. The minimum Gasteiger partial charge on any atom is -0.383 e. The molecule has 0 amide bonds. The highest BCUT2D eigenvalue weighted by molar-refractivity contribution is 7.92. The third-order valence-electron chi connectivity index (χ3n) is 2.91. The lowest BCUT2D eigenvalue weighted by molar-refractivity contribution is 0.588. The van der Waals surface area contributed by atoms with Gasteiger partial charge in [0.2, 0.25) is 0 Å². The van der Waals surface area contributed by atoms with Crippen molar-refractivity contribution in [2.24, 2.45) is 0 Å². The second-order valence-electron chi connectivity index (χ2n) is 4.26. The van der Waals surface area contributed by atoms with Gasteiger partial charge in [-0.05, 0) is 38.1 Å². The minimum absolute atomic E-state index is 0.0329. The summed E-state index contributed by atoms with van der Waals surface area (Å²) in [5, 5.41) is 3.06. The fourth-order valence-corrected chi connectivity index (χ4v) is 3.59. The number of rotatable bonds is 6. The second-order valence-corrected chi connectivity index (χ2v) is 6.04. The molecule has 0 aliphatic rings. The maximum absolute atomic E-state index is 12.9. The molecule has 1 N–H and O–H groups in total. The molecule has 112 valence electrons. The molecule has 0 atom stereocenters. The summed E-state index contributed by atoms with van der Waals surface area (Å²) in [5.41, 5.74) is 1.08. The molecule has 6 nitrogen and oxygen atoms in total. The van der Waals surface area contributed by atoms with Crippen molar-refractivity contribution in [3.05, 3.63) is 42.9 Å². The fraction of sp³-hybridized carbons (Fsp3) is 0.286. The predicted molar refractivity (Wildman–Crippen MR) is 82.8 cm³/mol. The van der Waals surface area contributed by atoms with Crippen molar-refractivity contribution >= 4 is 21.4 Å². The van der Waals surface area contributed by atoms with Crippen LogP contribution in [-0.2, 0) is 10.0 Å². The third kappa shape index (κ3) is 3.13. The average molecular weight is 306 g/mol. The van der Waals surface area contributed by atoms with Gasteiger partial charge in [0.05, 0.1) is 11.4 Å². The molecule has 2 rings (SSSR count). The summed E-state index contributed by atoms with van der Waals surface area (Å²) in [6, 6.07) is 6.75. The quantitative estimate of drug-likeness (QED) is 0.885. The van der Waals surface area contributed by atoms with Crippen LogP contribution in [0.4, 0.5) is 11.4 Å². The topological polar surface area (TPSA) is 75.2 Å². The van der Waals surface area contributed by atoms with Crippen LogP contribution in [0.1, 0.15) is 13.8 Å². The van der Waals surface area contributed by atoms with Crippen molar-refractivity contribution in [2.45, 2.75) is 18.9 Å². The number of pyridine rings is 2.